The number of benzene rings is 3. The molecule has 31 heavy (non-hydrogen) atoms. The largest absolute Gasteiger partial charge is 0.493 e. The summed E-state index contributed by atoms with van der Waals surface area (Å²) >= 11 is 5.91. The lowest BCUT2D eigenvalue weighted by molar-refractivity contribution is 0.102. The summed E-state index contributed by atoms with van der Waals surface area (Å²) in [6, 6.07) is 19.8. The predicted molar refractivity (Wildman–Crippen MR) is 118 cm³/mol. The third-order valence-electron chi connectivity index (χ3n) is 4.58. The van der Waals surface area contributed by atoms with Crippen molar-refractivity contribution in [2.45, 2.75) is 6.61 Å². The van der Waals surface area contributed by atoms with Crippen molar-refractivity contribution < 1.29 is 14.3 Å². The van der Waals surface area contributed by atoms with E-state index in [9.17, 15) is 4.79 Å². The average molecular weight is 435 g/mol. The Morgan fingerprint density at radius 2 is 1.68 bits per heavy atom. The molecule has 0 radical (unpaired) electrons. The molecule has 156 valence electrons. The maximum Gasteiger partial charge on any atom is 0.255 e. The van der Waals surface area contributed by atoms with E-state index >= 15 is 0 Å². The number of aromatic nitrogens is 3. The van der Waals surface area contributed by atoms with Gasteiger partial charge in [0, 0.05) is 22.0 Å². The molecule has 0 aliphatic heterocycles. The molecular formula is C23H19ClN4O3. The highest BCUT2D eigenvalue weighted by molar-refractivity contribution is 6.30. The number of carbonyl (C=O) groups is 1. The van der Waals surface area contributed by atoms with Gasteiger partial charge in [-0.05, 0) is 60.2 Å². The molecule has 0 bridgehead atoms. The van der Waals surface area contributed by atoms with Crippen LogP contribution in [-0.2, 0) is 6.61 Å². The first-order chi connectivity index (χ1) is 15.1. The summed E-state index contributed by atoms with van der Waals surface area (Å²) in [7, 11) is 1.54. The molecule has 0 aliphatic carbocycles. The van der Waals surface area contributed by atoms with Gasteiger partial charge >= 0.3 is 0 Å². The summed E-state index contributed by atoms with van der Waals surface area (Å²) in [6.07, 6.45) is 3.22. The van der Waals surface area contributed by atoms with Gasteiger partial charge in [-0.25, -0.2) is 0 Å². The fraction of sp³-hybridized carbons (Fsp3) is 0.0870. The van der Waals surface area contributed by atoms with Gasteiger partial charge in [0.1, 0.15) is 19.3 Å². The Balaban J connectivity index is 1.42. The molecule has 0 saturated heterocycles. The number of methoxy groups -OCH3 is 1. The zero-order valence-electron chi connectivity index (χ0n) is 16.7. The number of hydrogen-bond donors (Lipinski definition) is 1. The molecule has 1 aromatic heterocycles. The first-order valence-corrected chi connectivity index (χ1v) is 9.82. The van der Waals surface area contributed by atoms with Gasteiger partial charge in [-0.1, -0.05) is 23.7 Å². The summed E-state index contributed by atoms with van der Waals surface area (Å²) in [6.45, 7) is 0.359. The number of nitrogens with zero attached hydrogens (tertiary/aromatic N) is 3. The van der Waals surface area contributed by atoms with Gasteiger partial charge in [-0.15, -0.1) is 10.2 Å². The van der Waals surface area contributed by atoms with Crippen LogP contribution in [0.5, 0.6) is 11.5 Å². The molecule has 1 N–H and O–H groups in total. The summed E-state index contributed by atoms with van der Waals surface area (Å²) < 4.78 is 13.0. The second-order valence-electron chi connectivity index (χ2n) is 6.65. The Morgan fingerprint density at radius 3 is 2.35 bits per heavy atom. The summed E-state index contributed by atoms with van der Waals surface area (Å²) in [4.78, 5) is 12.7. The number of nitrogens with one attached hydrogen (secondary N) is 1. The van der Waals surface area contributed by atoms with Gasteiger partial charge in [-0.2, -0.15) is 0 Å². The molecule has 3 aromatic carbocycles. The van der Waals surface area contributed by atoms with Crippen LogP contribution in [0, 0.1) is 0 Å². The first-order valence-electron chi connectivity index (χ1n) is 9.44. The van der Waals surface area contributed by atoms with Gasteiger partial charge in [0.25, 0.3) is 5.91 Å². The highest BCUT2D eigenvalue weighted by atomic mass is 35.5. The summed E-state index contributed by atoms with van der Waals surface area (Å²) in [5.74, 6) is 0.775. The number of rotatable bonds is 7. The molecule has 0 spiro atoms. The van der Waals surface area contributed by atoms with E-state index in [-0.39, 0.29) is 5.91 Å². The maximum atomic E-state index is 12.7. The molecule has 0 fully saturated rings. The SMILES string of the molecule is COc1cc(C(=O)Nc2ccc(-n3cnnc3)cc2)ccc1OCc1ccc(Cl)cc1. The molecule has 1 heterocycles. The fourth-order valence-electron chi connectivity index (χ4n) is 2.92. The van der Waals surface area contributed by atoms with Crippen molar-refractivity contribution in [2.24, 2.45) is 0 Å². The van der Waals surface area contributed by atoms with Crippen molar-refractivity contribution in [3.8, 4) is 17.2 Å². The number of hydrogen-bond acceptors (Lipinski definition) is 5. The van der Waals surface area contributed by atoms with Crippen LogP contribution >= 0.6 is 11.6 Å². The van der Waals surface area contributed by atoms with Crippen LogP contribution in [0.4, 0.5) is 5.69 Å². The van der Waals surface area contributed by atoms with E-state index in [0.29, 0.717) is 34.4 Å². The quantitative estimate of drug-likeness (QED) is 0.453. The summed E-state index contributed by atoms with van der Waals surface area (Å²) in [5, 5.41) is 11.1. The third kappa shape index (κ3) is 5.02. The van der Waals surface area contributed by atoms with E-state index in [1.165, 1.54) is 7.11 Å². The van der Waals surface area contributed by atoms with Crippen molar-refractivity contribution in [3.63, 3.8) is 0 Å². The lowest BCUT2D eigenvalue weighted by Gasteiger charge is -2.13. The molecule has 8 heteroatoms. The predicted octanol–water partition coefficient (Wildman–Crippen LogP) is 4.76. The third-order valence-corrected chi connectivity index (χ3v) is 4.83. The highest BCUT2D eigenvalue weighted by Gasteiger charge is 2.12. The van der Waals surface area contributed by atoms with Gasteiger partial charge in [0.15, 0.2) is 11.5 Å². The summed E-state index contributed by atoms with van der Waals surface area (Å²) in [5.41, 5.74) is 3.00. The minimum atomic E-state index is -0.250. The highest BCUT2D eigenvalue weighted by Crippen LogP contribution is 2.29. The normalized spacial score (nSPS) is 10.5. The lowest BCUT2D eigenvalue weighted by Crippen LogP contribution is -2.12. The van der Waals surface area contributed by atoms with Gasteiger partial charge in [0.05, 0.1) is 7.11 Å². The zero-order valence-corrected chi connectivity index (χ0v) is 17.4. The van der Waals surface area contributed by atoms with Crippen LogP contribution in [0.3, 0.4) is 0 Å². The Labute approximate surface area is 184 Å². The van der Waals surface area contributed by atoms with E-state index in [1.807, 2.05) is 48.5 Å². The number of halogens is 1. The minimum Gasteiger partial charge on any atom is -0.493 e. The van der Waals surface area contributed by atoms with Crippen molar-refractivity contribution >= 4 is 23.2 Å². The van der Waals surface area contributed by atoms with Gasteiger partial charge in [-0.3, -0.25) is 9.36 Å². The smallest absolute Gasteiger partial charge is 0.255 e. The first kappa shape index (κ1) is 20.4. The minimum absolute atomic E-state index is 0.250. The van der Waals surface area contributed by atoms with E-state index in [2.05, 4.69) is 15.5 Å². The number of carbonyl (C=O) groups excluding carboxylic acids is 1. The number of amides is 1. The second kappa shape index (κ2) is 9.32. The van der Waals surface area contributed by atoms with Crippen LogP contribution in [-0.4, -0.2) is 27.8 Å². The van der Waals surface area contributed by atoms with E-state index < -0.39 is 0 Å². The van der Waals surface area contributed by atoms with Crippen LogP contribution in [0.2, 0.25) is 5.02 Å². The van der Waals surface area contributed by atoms with Crippen LogP contribution in [0.15, 0.2) is 79.4 Å². The second-order valence-corrected chi connectivity index (χ2v) is 7.09. The van der Waals surface area contributed by atoms with Crippen molar-refractivity contribution in [1.82, 2.24) is 14.8 Å². The standard InChI is InChI=1S/C23H19ClN4O3/c1-30-22-12-17(4-11-21(22)31-13-16-2-5-18(24)6-3-16)23(29)27-19-7-9-20(10-8-19)28-14-25-26-15-28/h2-12,14-15H,13H2,1H3,(H,27,29). The average Bonchev–Trinajstić information content (AvgIpc) is 3.34. The molecule has 0 saturated carbocycles. The monoisotopic (exact) mass is 434 g/mol. The van der Waals surface area contributed by atoms with Crippen molar-refractivity contribution in [1.29, 1.82) is 0 Å². The van der Waals surface area contributed by atoms with Crippen molar-refractivity contribution in [2.75, 3.05) is 12.4 Å². The zero-order chi connectivity index (χ0) is 21.6. The Hall–Kier alpha value is -3.84. The van der Waals surface area contributed by atoms with Crippen molar-refractivity contribution in [3.05, 3.63) is 95.5 Å². The molecule has 0 unspecified atom stereocenters. The Kier molecular flexibility index (Phi) is 6.14. The van der Waals surface area contributed by atoms with Crippen LogP contribution in [0.1, 0.15) is 15.9 Å². The topological polar surface area (TPSA) is 78.3 Å². The molecule has 7 nitrogen and oxygen atoms in total. The van der Waals surface area contributed by atoms with Crippen LogP contribution in [0.25, 0.3) is 5.69 Å². The van der Waals surface area contributed by atoms with Gasteiger partial charge < -0.3 is 14.8 Å². The van der Waals surface area contributed by atoms with Crippen LogP contribution < -0.4 is 14.8 Å². The van der Waals surface area contributed by atoms with E-state index in [1.54, 1.807) is 35.4 Å². The molecule has 4 rings (SSSR count). The Bertz CT molecular complexity index is 1160. The van der Waals surface area contributed by atoms with E-state index in [0.717, 1.165) is 11.3 Å². The molecule has 1 amide bonds. The van der Waals surface area contributed by atoms with E-state index in [4.69, 9.17) is 21.1 Å². The molecule has 0 aliphatic rings. The fourth-order valence-corrected chi connectivity index (χ4v) is 3.05. The molecule has 4 aromatic rings. The molecular weight excluding hydrogens is 416 g/mol. The lowest BCUT2D eigenvalue weighted by atomic mass is 10.1. The number of ether oxygens (including phenoxy) is 2. The number of anilines is 1. The Morgan fingerprint density at radius 1 is 0.968 bits per heavy atom. The molecule has 0 atom stereocenters. The van der Waals surface area contributed by atoms with Gasteiger partial charge in [0.2, 0.25) is 0 Å². The maximum absolute atomic E-state index is 12.7.